The lowest BCUT2D eigenvalue weighted by atomic mass is 10.2. The summed E-state index contributed by atoms with van der Waals surface area (Å²) < 4.78 is 6.20. The van der Waals surface area contributed by atoms with E-state index in [-0.39, 0.29) is 5.91 Å². The van der Waals surface area contributed by atoms with Gasteiger partial charge in [-0.2, -0.15) is 0 Å². The highest BCUT2D eigenvalue weighted by Gasteiger charge is 2.23. The van der Waals surface area contributed by atoms with Crippen LogP contribution in [0.3, 0.4) is 0 Å². The van der Waals surface area contributed by atoms with Crippen molar-refractivity contribution >= 4 is 44.5 Å². The molecule has 0 bridgehead atoms. The van der Waals surface area contributed by atoms with Crippen molar-refractivity contribution in [1.29, 1.82) is 0 Å². The average molecular weight is 478 g/mol. The van der Waals surface area contributed by atoms with Gasteiger partial charge in [0.1, 0.15) is 10.8 Å². The Morgan fingerprint density at radius 2 is 1.89 bits per heavy atom. The number of nitrogens with zero attached hydrogens (tertiary/aromatic N) is 3. The van der Waals surface area contributed by atoms with E-state index in [4.69, 9.17) is 9.72 Å². The third-order valence-electron chi connectivity index (χ3n) is 4.72. The lowest BCUT2D eigenvalue weighted by molar-refractivity contribution is 0.0632. The van der Waals surface area contributed by atoms with Gasteiger partial charge in [-0.05, 0) is 52.3 Å². The molecular formula is C20H20BrN3O2S2. The number of hydrogen-bond acceptors (Lipinski definition) is 6. The number of amides is 1. The third kappa shape index (κ3) is 4.46. The fraction of sp³-hybridized carbons (Fsp3) is 0.300. The summed E-state index contributed by atoms with van der Waals surface area (Å²) in [5.41, 5.74) is 2.19. The second-order valence-corrected chi connectivity index (χ2v) is 9.87. The van der Waals surface area contributed by atoms with E-state index >= 15 is 0 Å². The summed E-state index contributed by atoms with van der Waals surface area (Å²) in [7, 11) is 1.67. The molecule has 3 aromatic rings. The lowest BCUT2D eigenvalue weighted by Gasteiger charge is -2.34. The summed E-state index contributed by atoms with van der Waals surface area (Å²) in [5, 5.41) is 3.15. The number of thiophene rings is 1. The molecule has 0 aliphatic carbocycles. The lowest BCUT2D eigenvalue weighted by Crippen LogP contribution is -2.48. The van der Waals surface area contributed by atoms with E-state index in [1.165, 1.54) is 11.3 Å². The van der Waals surface area contributed by atoms with E-state index in [1.54, 1.807) is 18.4 Å². The first-order valence-electron chi connectivity index (χ1n) is 8.98. The number of methoxy groups -OCH3 is 1. The van der Waals surface area contributed by atoms with Gasteiger partial charge in [0.25, 0.3) is 5.91 Å². The highest BCUT2D eigenvalue weighted by atomic mass is 79.9. The van der Waals surface area contributed by atoms with Gasteiger partial charge in [-0.1, -0.05) is 0 Å². The Bertz CT molecular complexity index is 947. The van der Waals surface area contributed by atoms with Crippen molar-refractivity contribution in [2.75, 3.05) is 33.3 Å². The smallest absolute Gasteiger partial charge is 0.264 e. The summed E-state index contributed by atoms with van der Waals surface area (Å²) >= 11 is 6.58. The molecule has 1 fully saturated rings. The Morgan fingerprint density at radius 1 is 1.14 bits per heavy atom. The van der Waals surface area contributed by atoms with Crippen molar-refractivity contribution in [3.8, 4) is 16.3 Å². The molecule has 1 amide bonds. The first-order valence-corrected chi connectivity index (χ1v) is 11.5. The van der Waals surface area contributed by atoms with Crippen LogP contribution in [0.4, 0.5) is 0 Å². The van der Waals surface area contributed by atoms with Gasteiger partial charge in [0.15, 0.2) is 0 Å². The molecular weight excluding hydrogens is 458 g/mol. The number of aromatic nitrogens is 1. The standard InChI is InChI=1S/C20H20BrN3O2S2/c1-26-16-4-2-14(3-5-16)19-22-15(13-27-19)12-23-8-10-24(11-9-23)20(25)17-6-7-18(21)28-17/h2-7,13H,8-12H2,1H3. The molecule has 1 aliphatic heterocycles. The molecule has 0 radical (unpaired) electrons. The minimum Gasteiger partial charge on any atom is -0.497 e. The predicted molar refractivity (Wildman–Crippen MR) is 117 cm³/mol. The number of carbonyl (C=O) groups excluding carboxylic acids is 1. The second kappa shape index (κ2) is 8.73. The molecule has 2 aromatic heterocycles. The normalized spacial score (nSPS) is 15.0. The molecule has 5 nitrogen and oxygen atoms in total. The molecule has 1 aliphatic rings. The zero-order chi connectivity index (χ0) is 19.5. The van der Waals surface area contributed by atoms with Crippen molar-refractivity contribution in [2.45, 2.75) is 6.54 Å². The monoisotopic (exact) mass is 477 g/mol. The molecule has 1 aromatic carbocycles. The van der Waals surface area contributed by atoms with Gasteiger partial charge in [0.05, 0.1) is 21.5 Å². The minimum atomic E-state index is 0.130. The second-order valence-electron chi connectivity index (χ2n) is 6.54. The molecule has 0 unspecified atom stereocenters. The van der Waals surface area contributed by atoms with Crippen molar-refractivity contribution in [3.05, 3.63) is 56.1 Å². The minimum absolute atomic E-state index is 0.130. The number of hydrogen-bond donors (Lipinski definition) is 0. The molecule has 0 saturated carbocycles. The summed E-state index contributed by atoms with van der Waals surface area (Å²) in [6.07, 6.45) is 0. The molecule has 8 heteroatoms. The van der Waals surface area contributed by atoms with E-state index in [1.807, 2.05) is 41.3 Å². The molecule has 0 spiro atoms. The number of benzene rings is 1. The van der Waals surface area contributed by atoms with Crippen LogP contribution in [0.2, 0.25) is 0 Å². The van der Waals surface area contributed by atoms with Crippen LogP contribution in [-0.2, 0) is 6.54 Å². The first kappa shape index (κ1) is 19.6. The highest BCUT2D eigenvalue weighted by Crippen LogP contribution is 2.27. The van der Waals surface area contributed by atoms with Gasteiger partial charge in [-0.15, -0.1) is 22.7 Å². The number of rotatable bonds is 5. The summed E-state index contributed by atoms with van der Waals surface area (Å²) in [4.78, 5) is 22.4. The van der Waals surface area contributed by atoms with Crippen molar-refractivity contribution < 1.29 is 9.53 Å². The quantitative estimate of drug-likeness (QED) is 0.538. The maximum Gasteiger partial charge on any atom is 0.264 e. The number of halogens is 1. The fourth-order valence-electron chi connectivity index (χ4n) is 3.17. The Balaban J connectivity index is 1.32. The highest BCUT2D eigenvalue weighted by molar-refractivity contribution is 9.11. The van der Waals surface area contributed by atoms with Gasteiger partial charge >= 0.3 is 0 Å². The molecule has 1 saturated heterocycles. The van der Waals surface area contributed by atoms with Crippen LogP contribution in [0.25, 0.3) is 10.6 Å². The van der Waals surface area contributed by atoms with E-state index in [9.17, 15) is 4.79 Å². The summed E-state index contributed by atoms with van der Waals surface area (Å²) in [5.74, 6) is 0.980. The van der Waals surface area contributed by atoms with Gasteiger partial charge in [-0.25, -0.2) is 4.98 Å². The number of ether oxygens (including phenoxy) is 1. The van der Waals surface area contributed by atoms with Gasteiger partial charge in [-0.3, -0.25) is 9.69 Å². The van der Waals surface area contributed by atoms with Crippen LogP contribution in [-0.4, -0.2) is 54.0 Å². The number of piperazine rings is 1. The fourth-order valence-corrected chi connectivity index (χ4v) is 5.34. The molecule has 28 heavy (non-hydrogen) atoms. The van der Waals surface area contributed by atoms with Crippen LogP contribution in [0.1, 0.15) is 15.4 Å². The Morgan fingerprint density at radius 3 is 2.54 bits per heavy atom. The maximum atomic E-state index is 12.6. The Hall–Kier alpha value is -1.74. The summed E-state index contributed by atoms with van der Waals surface area (Å²) in [6, 6.07) is 11.8. The van der Waals surface area contributed by atoms with Gasteiger partial charge in [0.2, 0.25) is 0 Å². The topological polar surface area (TPSA) is 45.7 Å². The third-order valence-corrected chi connectivity index (χ3v) is 7.27. The maximum absolute atomic E-state index is 12.6. The van der Waals surface area contributed by atoms with E-state index in [0.29, 0.717) is 0 Å². The van der Waals surface area contributed by atoms with Crippen LogP contribution in [0.15, 0.2) is 45.6 Å². The van der Waals surface area contributed by atoms with Crippen LogP contribution >= 0.6 is 38.6 Å². The van der Waals surface area contributed by atoms with E-state index < -0.39 is 0 Å². The van der Waals surface area contributed by atoms with Crippen LogP contribution < -0.4 is 4.74 Å². The Labute approximate surface area is 180 Å². The average Bonchev–Trinajstić information content (AvgIpc) is 3.37. The van der Waals surface area contributed by atoms with Crippen LogP contribution in [0, 0.1) is 0 Å². The number of carbonyl (C=O) groups is 1. The van der Waals surface area contributed by atoms with Crippen molar-refractivity contribution in [3.63, 3.8) is 0 Å². The summed E-state index contributed by atoms with van der Waals surface area (Å²) in [6.45, 7) is 4.06. The van der Waals surface area contributed by atoms with Crippen molar-refractivity contribution in [1.82, 2.24) is 14.8 Å². The molecule has 0 atom stereocenters. The molecule has 3 heterocycles. The Kier molecular flexibility index (Phi) is 6.10. The predicted octanol–water partition coefficient (Wildman–Crippen LogP) is 4.60. The van der Waals surface area contributed by atoms with Crippen molar-refractivity contribution in [2.24, 2.45) is 0 Å². The SMILES string of the molecule is COc1ccc(-c2nc(CN3CCN(C(=O)c4ccc(Br)s4)CC3)cs2)cc1. The van der Waals surface area contributed by atoms with E-state index in [2.05, 4.69) is 26.2 Å². The number of thiazole rings is 1. The van der Waals surface area contributed by atoms with Gasteiger partial charge < -0.3 is 9.64 Å². The molecule has 4 rings (SSSR count). The molecule has 0 N–H and O–H groups in total. The van der Waals surface area contributed by atoms with Crippen LogP contribution in [0.5, 0.6) is 5.75 Å². The van der Waals surface area contributed by atoms with Gasteiger partial charge in [0, 0.05) is 43.7 Å². The zero-order valence-electron chi connectivity index (χ0n) is 15.4. The largest absolute Gasteiger partial charge is 0.497 e. The van der Waals surface area contributed by atoms with E-state index in [0.717, 1.165) is 63.4 Å². The zero-order valence-corrected chi connectivity index (χ0v) is 18.6. The molecule has 146 valence electrons. The first-order chi connectivity index (χ1) is 13.6.